The third-order valence-electron chi connectivity index (χ3n) is 4.18. The van der Waals surface area contributed by atoms with Crippen molar-refractivity contribution in [3.63, 3.8) is 0 Å². The molecule has 21 heavy (non-hydrogen) atoms. The van der Waals surface area contributed by atoms with Crippen molar-refractivity contribution in [2.45, 2.75) is 24.7 Å². The van der Waals surface area contributed by atoms with Crippen molar-refractivity contribution in [2.24, 2.45) is 5.41 Å². The monoisotopic (exact) mass is 307 g/mol. The molecule has 1 aromatic carbocycles. The van der Waals surface area contributed by atoms with Crippen LogP contribution in [0, 0.1) is 16.7 Å². The zero-order valence-corrected chi connectivity index (χ0v) is 13.3. The van der Waals surface area contributed by atoms with Gasteiger partial charge in [0, 0.05) is 6.54 Å². The van der Waals surface area contributed by atoms with Crippen LogP contribution in [-0.2, 0) is 10.0 Å². The number of hydrogen-bond acceptors (Lipinski definition) is 4. The molecule has 2 rings (SSSR count). The van der Waals surface area contributed by atoms with Crippen molar-refractivity contribution >= 4 is 10.0 Å². The summed E-state index contributed by atoms with van der Waals surface area (Å²) in [6.07, 6.45) is 1.97. The zero-order chi connectivity index (χ0) is 15.5. The number of nitrogens with one attached hydrogen (secondary N) is 1. The van der Waals surface area contributed by atoms with Crippen LogP contribution in [0.2, 0.25) is 0 Å². The Hall–Kier alpha value is -1.42. The van der Waals surface area contributed by atoms with Gasteiger partial charge >= 0.3 is 0 Å². The molecule has 1 aliphatic heterocycles. The molecule has 0 saturated carbocycles. The lowest BCUT2D eigenvalue weighted by Crippen LogP contribution is -2.43. The molecule has 0 atom stereocenters. The van der Waals surface area contributed by atoms with Crippen LogP contribution in [0.4, 0.5) is 0 Å². The molecule has 1 aliphatic rings. The van der Waals surface area contributed by atoms with Gasteiger partial charge in [-0.1, -0.05) is 6.92 Å². The van der Waals surface area contributed by atoms with Gasteiger partial charge < -0.3 is 4.90 Å². The summed E-state index contributed by atoms with van der Waals surface area (Å²) >= 11 is 0. The molecule has 0 radical (unpaired) electrons. The maximum Gasteiger partial charge on any atom is 0.240 e. The quantitative estimate of drug-likeness (QED) is 0.916. The lowest BCUT2D eigenvalue weighted by atomic mass is 9.81. The van der Waals surface area contributed by atoms with Gasteiger partial charge in [-0.15, -0.1) is 0 Å². The van der Waals surface area contributed by atoms with E-state index >= 15 is 0 Å². The maximum absolute atomic E-state index is 12.3. The van der Waals surface area contributed by atoms with E-state index in [1.54, 1.807) is 0 Å². The minimum Gasteiger partial charge on any atom is -0.306 e. The summed E-state index contributed by atoms with van der Waals surface area (Å²) in [5, 5.41) is 8.74. The third kappa shape index (κ3) is 4.03. The molecule has 0 bridgehead atoms. The Morgan fingerprint density at radius 3 is 2.38 bits per heavy atom. The van der Waals surface area contributed by atoms with E-state index in [0.717, 1.165) is 25.9 Å². The summed E-state index contributed by atoms with van der Waals surface area (Å²) < 4.78 is 27.3. The summed E-state index contributed by atoms with van der Waals surface area (Å²) in [7, 11) is -1.43. The van der Waals surface area contributed by atoms with Gasteiger partial charge in [-0.3, -0.25) is 0 Å². The molecule has 114 valence electrons. The smallest absolute Gasteiger partial charge is 0.240 e. The molecule has 1 heterocycles. The first-order valence-corrected chi connectivity index (χ1v) is 8.51. The second kappa shape index (κ2) is 6.14. The molecule has 0 amide bonds. The van der Waals surface area contributed by atoms with E-state index in [9.17, 15) is 8.42 Å². The number of piperidine rings is 1. The number of hydrogen-bond donors (Lipinski definition) is 1. The first-order valence-electron chi connectivity index (χ1n) is 7.03. The summed E-state index contributed by atoms with van der Waals surface area (Å²) in [6, 6.07) is 7.96. The highest BCUT2D eigenvalue weighted by Crippen LogP contribution is 2.29. The van der Waals surface area contributed by atoms with Crippen molar-refractivity contribution in [3.05, 3.63) is 29.8 Å². The number of nitrogens with zero attached hydrogens (tertiary/aromatic N) is 2. The van der Waals surface area contributed by atoms with E-state index in [4.69, 9.17) is 5.26 Å². The topological polar surface area (TPSA) is 73.2 Å². The largest absolute Gasteiger partial charge is 0.306 e. The molecular weight excluding hydrogens is 286 g/mol. The van der Waals surface area contributed by atoms with Crippen LogP contribution in [-0.4, -0.2) is 40.0 Å². The van der Waals surface area contributed by atoms with Crippen LogP contribution in [0.1, 0.15) is 25.3 Å². The maximum atomic E-state index is 12.3. The van der Waals surface area contributed by atoms with E-state index < -0.39 is 10.0 Å². The minimum atomic E-state index is -3.51. The van der Waals surface area contributed by atoms with Crippen molar-refractivity contribution in [1.29, 1.82) is 5.26 Å². The second-order valence-corrected chi connectivity index (χ2v) is 7.84. The molecule has 0 unspecified atom stereocenters. The first kappa shape index (κ1) is 16.0. The molecular formula is C15H21N3O2S. The van der Waals surface area contributed by atoms with Crippen molar-refractivity contribution in [1.82, 2.24) is 9.62 Å². The number of nitriles is 1. The molecule has 5 nitrogen and oxygen atoms in total. The summed E-state index contributed by atoms with van der Waals surface area (Å²) in [5.41, 5.74) is 0.461. The van der Waals surface area contributed by atoms with Gasteiger partial charge in [0.05, 0.1) is 16.5 Å². The summed E-state index contributed by atoms with van der Waals surface area (Å²) in [6.45, 7) is 4.56. The van der Waals surface area contributed by atoms with E-state index in [0.29, 0.717) is 12.1 Å². The number of likely N-dealkylation sites (tertiary alicyclic amines) is 1. The summed E-state index contributed by atoms with van der Waals surface area (Å²) in [4.78, 5) is 2.47. The average Bonchev–Trinajstić information content (AvgIpc) is 2.49. The third-order valence-corrected chi connectivity index (χ3v) is 5.59. The molecule has 0 spiro atoms. The van der Waals surface area contributed by atoms with Gasteiger partial charge in [-0.2, -0.15) is 5.26 Å². The number of rotatable bonds is 4. The fourth-order valence-corrected chi connectivity index (χ4v) is 3.60. The Labute approximate surface area is 126 Å². The first-order chi connectivity index (χ1) is 9.85. The highest BCUT2D eigenvalue weighted by Gasteiger charge is 2.30. The highest BCUT2D eigenvalue weighted by molar-refractivity contribution is 7.89. The van der Waals surface area contributed by atoms with Crippen molar-refractivity contribution in [2.75, 3.05) is 26.7 Å². The molecule has 0 aliphatic carbocycles. The molecule has 1 N–H and O–H groups in total. The van der Waals surface area contributed by atoms with Gasteiger partial charge in [-0.25, -0.2) is 13.1 Å². The second-order valence-electron chi connectivity index (χ2n) is 6.07. The van der Waals surface area contributed by atoms with Gasteiger partial charge in [0.2, 0.25) is 10.0 Å². The predicted octanol–water partition coefficient (Wildman–Crippen LogP) is 1.57. The molecule has 1 saturated heterocycles. The highest BCUT2D eigenvalue weighted by atomic mass is 32.2. The number of benzene rings is 1. The SMILES string of the molecule is CN1CCC(C)(CNS(=O)(=O)c2ccc(C#N)cc2)CC1. The van der Waals surface area contributed by atoms with Gasteiger partial charge in [0.25, 0.3) is 0 Å². The number of sulfonamides is 1. The molecule has 1 aromatic rings. The van der Waals surface area contributed by atoms with E-state index in [-0.39, 0.29) is 10.3 Å². The molecule has 1 fully saturated rings. The predicted molar refractivity (Wildman–Crippen MR) is 81.2 cm³/mol. The Bertz CT molecular complexity index is 624. The fraction of sp³-hybridized carbons (Fsp3) is 0.533. The van der Waals surface area contributed by atoms with Crippen molar-refractivity contribution in [3.8, 4) is 6.07 Å². The normalized spacial score (nSPS) is 19.1. The van der Waals surface area contributed by atoms with Crippen LogP contribution in [0.5, 0.6) is 0 Å². The Morgan fingerprint density at radius 2 is 1.86 bits per heavy atom. The van der Waals surface area contributed by atoms with Gasteiger partial charge in [0.1, 0.15) is 0 Å². The van der Waals surface area contributed by atoms with E-state index in [1.165, 1.54) is 24.3 Å². The van der Waals surface area contributed by atoms with Gasteiger partial charge in [-0.05, 0) is 62.7 Å². The van der Waals surface area contributed by atoms with E-state index in [2.05, 4.69) is 23.6 Å². The minimum absolute atomic E-state index is 0.00613. The Kier molecular flexibility index (Phi) is 4.67. The average molecular weight is 307 g/mol. The van der Waals surface area contributed by atoms with E-state index in [1.807, 2.05) is 6.07 Å². The van der Waals surface area contributed by atoms with Crippen LogP contribution in [0.25, 0.3) is 0 Å². The zero-order valence-electron chi connectivity index (χ0n) is 12.5. The van der Waals surface area contributed by atoms with Crippen molar-refractivity contribution < 1.29 is 8.42 Å². The summed E-state index contributed by atoms with van der Waals surface area (Å²) in [5.74, 6) is 0. The Morgan fingerprint density at radius 1 is 1.29 bits per heavy atom. The molecule has 0 aromatic heterocycles. The Balaban J connectivity index is 2.02. The lowest BCUT2D eigenvalue weighted by molar-refractivity contribution is 0.143. The lowest BCUT2D eigenvalue weighted by Gasteiger charge is -2.37. The van der Waals surface area contributed by atoms with Crippen LogP contribution in [0.3, 0.4) is 0 Å². The fourth-order valence-electron chi connectivity index (χ4n) is 2.40. The molecule has 6 heteroatoms. The van der Waals surface area contributed by atoms with Crippen LogP contribution < -0.4 is 4.72 Å². The van der Waals surface area contributed by atoms with Gasteiger partial charge in [0.15, 0.2) is 0 Å². The van der Waals surface area contributed by atoms with Crippen LogP contribution >= 0.6 is 0 Å². The van der Waals surface area contributed by atoms with Crippen LogP contribution in [0.15, 0.2) is 29.2 Å². The standard InChI is InChI=1S/C15H21N3O2S/c1-15(7-9-18(2)10-8-15)12-17-21(19,20)14-5-3-13(11-16)4-6-14/h3-6,17H,7-10,12H2,1-2H3.